The number of anilines is 1. The summed E-state index contributed by atoms with van der Waals surface area (Å²) in [6, 6.07) is 1.76. The molecule has 0 aliphatic carbocycles. The lowest BCUT2D eigenvalue weighted by molar-refractivity contribution is -0.100. The second-order valence-electron chi connectivity index (χ2n) is 5.43. The summed E-state index contributed by atoms with van der Waals surface area (Å²) >= 11 is 0. The van der Waals surface area contributed by atoms with Crippen LogP contribution in [0.4, 0.5) is 5.95 Å². The van der Waals surface area contributed by atoms with Gasteiger partial charge in [0.1, 0.15) is 29.3 Å². The number of fused-ring (bicyclic) bond motifs is 1. The van der Waals surface area contributed by atoms with E-state index in [9.17, 15) is 20.1 Å². The largest absolute Gasteiger partial charge is 0.394 e. The van der Waals surface area contributed by atoms with Gasteiger partial charge in [-0.3, -0.25) is 9.78 Å². The highest BCUT2D eigenvalue weighted by Crippen LogP contribution is 2.39. The molecule has 1 saturated heterocycles. The average molecular weight is 322 g/mol. The van der Waals surface area contributed by atoms with Gasteiger partial charge in [-0.05, 0) is 6.92 Å². The lowest BCUT2D eigenvalue weighted by Crippen LogP contribution is -2.44. The summed E-state index contributed by atoms with van der Waals surface area (Å²) in [5.41, 5.74) is 2.72. The number of hydrogen-bond acceptors (Lipinski definition) is 9. The van der Waals surface area contributed by atoms with Crippen LogP contribution in [0.25, 0.3) is 11.0 Å². The SMILES string of the molecule is C[C@@]1(O)[C@H](O)[C@@H](CO)O[C@H]1n1nc(C#N)c2c(=O)[nH]c(N)nc21. The summed E-state index contributed by atoms with van der Waals surface area (Å²) in [5.74, 6) is -0.204. The molecule has 11 nitrogen and oxygen atoms in total. The molecule has 1 aliphatic rings. The summed E-state index contributed by atoms with van der Waals surface area (Å²) in [6.45, 7) is 0.752. The molecule has 2 aromatic heterocycles. The number of rotatable bonds is 2. The van der Waals surface area contributed by atoms with Crippen LogP contribution in [0, 0.1) is 11.3 Å². The highest BCUT2D eigenvalue weighted by Gasteiger charge is 2.54. The first kappa shape index (κ1) is 15.4. The van der Waals surface area contributed by atoms with E-state index in [1.807, 2.05) is 0 Å². The van der Waals surface area contributed by atoms with E-state index in [0.29, 0.717) is 0 Å². The number of aliphatic hydroxyl groups excluding tert-OH is 2. The van der Waals surface area contributed by atoms with Crippen molar-refractivity contribution in [2.75, 3.05) is 12.3 Å². The number of nitrogen functional groups attached to an aromatic ring is 1. The molecule has 6 N–H and O–H groups in total. The van der Waals surface area contributed by atoms with E-state index in [4.69, 9.17) is 15.7 Å². The molecule has 1 aliphatic heterocycles. The molecular formula is C12H14N6O5. The normalized spacial score (nSPS) is 30.7. The molecule has 0 aromatic carbocycles. The van der Waals surface area contributed by atoms with Crippen molar-refractivity contribution < 1.29 is 20.1 Å². The molecule has 0 amide bonds. The Kier molecular flexibility index (Phi) is 3.34. The first-order valence-corrected chi connectivity index (χ1v) is 6.66. The molecule has 11 heteroatoms. The van der Waals surface area contributed by atoms with Gasteiger partial charge in [-0.1, -0.05) is 0 Å². The van der Waals surface area contributed by atoms with Gasteiger partial charge in [-0.25, -0.2) is 4.68 Å². The quantitative estimate of drug-likeness (QED) is 0.401. The Hall–Kier alpha value is -2.52. The molecular weight excluding hydrogens is 308 g/mol. The first-order valence-electron chi connectivity index (χ1n) is 6.66. The molecule has 0 unspecified atom stereocenters. The Morgan fingerprint density at radius 1 is 1.61 bits per heavy atom. The first-order chi connectivity index (χ1) is 10.8. The third-order valence-electron chi connectivity index (χ3n) is 3.84. The van der Waals surface area contributed by atoms with Crippen molar-refractivity contribution in [3.05, 3.63) is 16.0 Å². The maximum atomic E-state index is 12.0. The summed E-state index contributed by atoms with van der Waals surface area (Å²) in [5, 5.41) is 42.7. The van der Waals surface area contributed by atoms with Crippen LogP contribution < -0.4 is 11.3 Å². The zero-order valence-corrected chi connectivity index (χ0v) is 12.0. The summed E-state index contributed by atoms with van der Waals surface area (Å²) in [6.07, 6.45) is -3.73. The van der Waals surface area contributed by atoms with Crippen molar-refractivity contribution in [2.45, 2.75) is 31.0 Å². The van der Waals surface area contributed by atoms with Crippen molar-refractivity contribution in [3.63, 3.8) is 0 Å². The van der Waals surface area contributed by atoms with Gasteiger partial charge in [0.25, 0.3) is 5.56 Å². The predicted octanol–water partition coefficient (Wildman–Crippen LogP) is -2.42. The van der Waals surface area contributed by atoms with Gasteiger partial charge in [0.15, 0.2) is 17.6 Å². The second-order valence-corrected chi connectivity index (χ2v) is 5.43. The molecule has 23 heavy (non-hydrogen) atoms. The van der Waals surface area contributed by atoms with Gasteiger partial charge in [-0.2, -0.15) is 15.3 Å². The van der Waals surface area contributed by atoms with Crippen molar-refractivity contribution >= 4 is 17.0 Å². The lowest BCUT2D eigenvalue weighted by Gasteiger charge is -2.26. The Morgan fingerprint density at radius 2 is 2.30 bits per heavy atom. The number of nitrogens with one attached hydrogen (secondary N) is 1. The van der Waals surface area contributed by atoms with Gasteiger partial charge in [0.2, 0.25) is 5.95 Å². The number of H-pyrrole nitrogens is 1. The highest BCUT2D eigenvalue weighted by molar-refractivity contribution is 5.80. The molecule has 122 valence electrons. The number of nitriles is 1. The maximum absolute atomic E-state index is 12.0. The average Bonchev–Trinajstić information content (AvgIpc) is 2.95. The minimum atomic E-state index is -1.84. The molecule has 3 heterocycles. The fraction of sp³-hybridized carbons (Fsp3) is 0.500. The van der Waals surface area contributed by atoms with Crippen LogP contribution in [0.2, 0.25) is 0 Å². The molecule has 2 aromatic rings. The van der Waals surface area contributed by atoms with E-state index in [0.717, 1.165) is 4.68 Å². The van der Waals surface area contributed by atoms with Crippen molar-refractivity contribution in [1.82, 2.24) is 19.7 Å². The predicted molar refractivity (Wildman–Crippen MR) is 74.9 cm³/mol. The third-order valence-corrected chi connectivity index (χ3v) is 3.84. The minimum Gasteiger partial charge on any atom is -0.394 e. The zero-order chi connectivity index (χ0) is 16.9. The molecule has 3 rings (SSSR count). The maximum Gasteiger partial charge on any atom is 0.264 e. The van der Waals surface area contributed by atoms with E-state index in [2.05, 4.69) is 15.1 Å². The fourth-order valence-corrected chi connectivity index (χ4v) is 2.65. The molecule has 0 bridgehead atoms. The molecule has 0 radical (unpaired) electrons. The lowest BCUT2D eigenvalue weighted by atomic mass is 9.97. The van der Waals surface area contributed by atoms with Gasteiger partial charge in [-0.15, -0.1) is 0 Å². The van der Waals surface area contributed by atoms with Gasteiger partial charge in [0, 0.05) is 0 Å². The minimum absolute atomic E-state index is 0.0705. The van der Waals surface area contributed by atoms with E-state index < -0.39 is 36.2 Å². The van der Waals surface area contributed by atoms with Crippen LogP contribution in [0.15, 0.2) is 4.79 Å². The Morgan fingerprint density at radius 3 is 2.87 bits per heavy atom. The topological polar surface area (TPSA) is 183 Å². The Labute approximate surface area is 128 Å². The number of nitrogens with zero attached hydrogens (tertiary/aromatic N) is 4. The number of hydrogen-bond donors (Lipinski definition) is 5. The van der Waals surface area contributed by atoms with Crippen LogP contribution in [0.5, 0.6) is 0 Å². The molecule has 0 spiro atoms. The summed E-state index contributed by atoms with van der Waals surface area (Å²) < 4.78 is 6.43. The van der Waals surface area contributed by atoms with Crippen LogP contribution >= 0.6 is 0 Å². The van der Waals surface area contributed by atoms with E-state index in [-0.39, 0.29) is 22.7 Å². The molecule has 1 fully saturated rings. The van der Waals surface area contributed by atoms with Crippen LogP contribution in [0.1, 0.15) is 18.8 Å². The number of ether oxygens (including phenoxy) is 1. The van der Waals surface area contributed by atoms with Crippen LogP contribution in [-0.4, -0.2) is 59.5 Å². The van der Waals surface area contributed by atoms with Crippen molar-refractivity contribution in [3.8, 4) is 6.07 Å². The Balaban J connectivity index is 2.26. The summed E-state index contributed by atoms with van der Waals surface area (Å²) in [4.78, 5) is 18.2. The van der Waals surface area contributed by atoms with Crippen LogP contribution in [-0.2, 0) is 4.74 Å². The van der Waals surface area contributed by atoms with E-state index in [1.165, 1.54) is 6.92 Å². The second kappa shape index (κ2) is 5.00. The fourth-order valence-electron chi connectivity index (χ4n) is 2.65. The number of aliphatic hydroxyl groups is 3. The number of nitrogens with two attached hydrogens (primary N) is 1. The van der Waals surface area contributed by atoms with Crippen molar-refractivity contribution in [2.24, 2.45) is 0 Å². The zero-order valence-electron chi connectivity index (χ0n) is 12.0. The molecule has 0 saturated carbocycles. The summed E-state index contributed by atoms with van der Waals surface area (Å²) in [7, 11) is 0. The van der Waals surface area contributed by atoms with Crippen LogP contribution in [0.3, 0.4) is 0 Å². The number of aromatic amines is 1. The standard InChI is InChI=1S/C12H14N6O5/c1-12(22)7(20)5(3-19)23-10(12)18-8-6(4(2-13)17-18)9(21)16-11(14)15-8/h5,7,10,19-20,22H,3H2,1H3,(H3,14,15,16,21)/t5-,7-,10-,12-/m1/s1. The third kappa shape index (κ3) is 2.08. The smallest absolute Gasteiger partial charge is 0.264 e. The van der Waals surface area contributed by atoms with E-state index >= 15 is 0 Å². The van der Waals surface area contributed by atoms with Gasteiger partial charge < -0.3 is 25.8 Å². The highest BCUT2D eigenvalue weighted by atomic mass is 16.6. The van der Waals surface area contributed by atoms with Gasteiger partial charge >= 0.3 is 0 Å². The monoisotopic (exact) mass is 322 g/mol. The molecule has 4 atom stereocenters. The number of aromatic nitrogens is 4. The van der Waals surface area contributed by atoms with Crippen molar-refractivity contribution in [1.29, 1.82) is 5.26 Å². The van der Waals surface area contributed by atoms with Gasteiger partial charge in [0.05, 0.1) is 6.61 Å². The van der Waals surface area contributed by atoms with E-state index in [1.54, 1.807) is 6.07 Å². The Bertz CT molecular complexity index is 865.